The highest BCUT2D eigenvalue weighted by Gasteiger charge is 2.15. The summed E-state index contributed by atoms with van der Waals surface area (Å²) in [6.07, 6.45) is 1.22. The minimum absolute atomic E-state index is 0.175. The molecule has 2 heteroatoms. The molecule has 5 aromatic carbocycles. The van der Waals surface area contributed by atoms with Crippen LogP contribution >= 0.6 is 0 Å². The Bertz CT molecular complexity index is 1230. The summed E-state index contributed by atoms with van der Waals surface area (Å²) in [5.41, 5.74) is 0. The molecule has 0 amide bonds. The molecule has 0 aliphatic carbocycles. The quantitative estimate of drug-likeness (QED) is 0.164. The van der Waals surface area contributed by atoms with Crippen LogP contribution in [0.2, 0.25) is 0 Å². The molecule has 0 aliphatic rings. The molecule has 0 fully saturated rings. The number of esters is 1. The van der Waals surface area contributed by atoms with Gasteiger partial charge in [0.25, 0.3) is 0 Å². The van der Waals surface area contributed by atoms with Crippen molar-refractivity contribution in [3.63, 3.8) is 0 Å². The Kier molecular flexibility index (Phi) is 3.32. The minimum Gasteiger partial charge on any atom is -0.426 e. The minimum atomic E-state index is -0.175. The lowest BCUT2D eigenvalue weighted by Gasteiger charge is -2.16. The summed E-state index contributed by atoms with van der Waals surface area (Å²) in [5.74, 6) is 0.474. The summed E-state index contributed by atoms with van der Waals surface area (Å²) in [5, 5.41) is 9.61. The topological polar surface area (TPSA) is 26.3 Å². The fourth-order valence-corrected chi connectivity index (χ4v) is 4.09. The third-order valence-corrected chi connectivity index (χ3v) is 5.16. The van der Waals surface area contributed by atoms with Crippen LogP contribution in [0, 0.1) is 0 Å². The summed E-state index contributed by atoms with van der Waals surface area (Å²) >= 11 is 0. The van der Waals surface area contributed by atoms with Crippen LogP contribution in [0.25, 0.3) is 43.1 Å². The molecule has 5 aromatic rings. The summed E-state index contributed by atoms with van der Waals surface area (Å²) in [6.45, 7) is 1.98. The first-order chi connectivity index (χ1) is 12.8. The summed E-state index contributed by atoms with van der Waals surface area (Å²) in [4.78, 5) is 12.0. The van der Waals surface area contributed by atoms with E-state index >= 15 is 0 Å². The smallest absolute Gasteiger partial charge is 0.311 e. The summed E-state index contributed by atoms with van der Waals surface area (Å²) < 4.78 is 5.67. The van der Waals surface area contributed by atoms with Gasteiger partial charge in [-0.05, 0) is 50.9 Å². The van der Waals surface area contributed by atoms with Gasteiger partial charge in [-0.3, -0.25) is 4.79 Å². The normalized spacial score (nSPS) is 11.7. The van der Waals surface area contributed by atoms with Gasteiger partial charge in [-0.2, -0.15) is 0 Å². The van der Waals surface area contributed by atoms with Gasteiger partial charge in [0.2, 0.25) is 0 Å². The van der Waals surface area contributed by atoms with E-state index in [4.69, 9.17) is 4.74 Å². The van der Waals surface area contributed by atoms with Gasteiger partial charge in [-0.25, -0.2) is 0 Å². The van der Waals surface area contributed by atoms with Crippen molar-refractivity contribution >= 4 is 49.1 Å². The van der Waals surface area contributed by atoms with Gasteiger partial charge in [-0.15, -0.1) is 0 Å². The van der Waals surface area contributed by atoms with Crippen molar-refractivity contribution in [1.82, 2.24) is 0 Å². The fourth-order valence-electron chi connectivity index (χ4n) is 4.09. The van der Waals surface area contributed by atoms with Crippen molar-refractivity contribution in [2.75, 3.05) is 0 Å². The van der Waals surface area contributed by atoms with E-state index in [1.807, 2.05) is 25.1 Å². The molecule has 0 unspecified atom stereocenters. The number of carbonyl (C=O) groups excluding carboxylic acids is 1. The predicted octanol–water partition coefficient (Wildman–Crippen LogP) is 6.44. The molecule has 0 N–H and O–H groups in total. The van der Waals surface area contributed by atoms with Crippen LogP contribution in [0.15, 0.2) is 66.7 Å². The lowest BCUT2D eigenvalue weighted by atomic mass is 9.90. The number of fused-ring (bicyclic) bond motifs is 2. The van der Waals surface area contributed by atoms with Crippen molar-refractivity contribution < 1.29 is 9.53 Å². The molecule has 0 aromatic heterocycles. The molecule has 0 radical (unpaired) electrons. The number of rotatable bonds is 3. The second-order valence-corrected chi connectivity index (χ2v) is 6.77. The van der Waals surface area contributed by atoms with E-state index in [-0.39, 0.29) is 5.97 Å². The Morgan fingerprint density at radius 2 is 1.31 bits per heavy atom. The maximum atomic E-state index is 12.0. The van der Waals surface area contributed by atoms with E-state index in [1.54, 1.807) is 0 Å². The molecule has 0 atom stereocenters. The van der Waals surface area contributed by atoms with Gasteiger partial charge in [0.1, 0.15) is 5.75 Å². The van der Waals surface area contributed by atoms with Gasteiger partial charge in [0, 0.05) is 17.2 Å². The van der Waals surface area contributed by atoms with Crippen LogP contribution in [0.3, 0.4) is 0 Å². The number of hydrogen-bond donors (Lipinski definition) is 0. The third kappa shape index (κ3) is 2.08. The number of benzene rings is 5. The second-order valence-electron chi connectivity index (χ2n) is 6.77. The zero-order chi connectivity index (χ0) is 17.7. The highest BCUT2D eigenvalue weighted by Crippen LogP contribution is 2.42. The van der Waals surface area contributed by atoms with Gasteiger partial charge in [-0.1, -0.05) is 61.5 Å². The highest BCUT2D eigenvalue weighted by atomic mass is 16.5. The first kappa shape index (κ1) is 15.2. The monoisotopic (exact) mass is 338 g/mol. The van der Waals surface area contributed by atoms with Crippen molar-refractivity contribution in [2.24, 2.45) is 0 Å². The maximum absolute atomic E-state index is 12.0. The van der Waals surface area contributed by atoms with Crippen LogP contribution in [0.5, 0.6) is 5.75 Å². The van der Waals surface area contributed by atoms with Crippen molar-refractivity contribution in [2.45, 2.75) is 19.8 Å². The summed E-state index contributed by atoms with van der Waals surface area (Å²) in [6, 6.07) is 23.2. The SMILES string of the molecule is CCCC(=O)Oc1ccc2c3cccc4cccc(c5cccc1c52)c43. The van der Waals surface area contributed by atoms with Crippen molar-refractivity contribution in [1.29, 1.82) is 0 Å². The molecule has 26 heavy (non-hydrogen) atoms. The van der Waals surface area contributed by atoms with Crippen molar-refractivity contribution in [3.8, 4) is 5.75 Å². The van der Waals surface area contributed by atoms with Crippen LogP contribution < -0.4 is 4.74 Å². The van der Waals surface area contributed by atoms with Gasteiger partial charge >= 0.3 is 5.97 Å². The van der Waals surface area contributed by atoms with Crippen LogP contribution in [-0.2, 0) is 4.79 Å². The van der Waals surface area contributed by atoms with E-state index in [9.17, 15) is 4.79 Å². The lowest BCUT2D eigenvalue weighted by Crippen LogP contribution is -2.07. The largest absolute Gasteiger partial charge is 0.426 e. The zero-order valence-electron chi connectivity index (χ0n) is 14.6. The Hall–Kier alpha value is -3.13. The van der Waals surface area contributed by atoms with Gasteiger partial charge < -0.3 is 4.74 Å². The number of ether oxygens (including phenoxy) is 1. The van der Waals surface area contributed by atoms with Gasteiger partial charge in [0.15, 0.2) is 0 Å². The highest BCUT2D eigenvalue weighted by molar-refractivity contribution is 6.33. The molecule has 0 spiro atoms. The zero-order valence-corrected chi connectivity index (χ0v) is 14.6. The molecule has 0 saturated heterocycles. The number of carbonyl (C=O) groups is 1. The van der Waals surface area contributed by atoms with Crippen molar-refractivity contribution in [3.05, 3.63) is 66.7 Å². The molecule has 0 aliphatic heterocycles. The lowest BCUT2D eigenvalue weighted by molar-refractivity contribution is -0.134. The fraction of sp³-hybridized carbons (Fsp3) is 0.125. The van der Waals surface area contributed by atoms with E-state index < -0.39 is 0 Å². The summed E-state index contributed by atoms with van der Waals surface area (Å²) in [7, 11) is 0. The molecule has 5 rings (SSSR count). The standard InChI is InChI=1S/C24H18O2/c1-2-6-22(25)26-21-14-13-19-17-10-4-8-15-7-3-9-16(23(15)17)18-11-5-12-20(21)24(18)19/h3-5,7-14H,2,6H2,1H3. The van der Waals surface area contributed by atoms with Crippen LogP contribution in [0.4, 0.5) is 0 Å². The molecule has 0 saturated carbocycles. The number of hydrogen-bond acceptors (Lipinski definition) is 2. The molecule has 2 nitrogen and oxygen atoms in total. The Balaban J connectivity index is 1.92. The van der Waals surface area contributed by atoms with Crippen LogP contribution in [-0.4, -0.2) is 5.97 Å². The average molecular weight is 338 g/mol. The Labute approximate surface area is 151 Å². The molecule has 126 valence electrons. The Morgan fingerprint density at radius 3 is 2.00 bits per heavy atom. The Morgan fingerprint density at radius 1 is 0.731 bits per heavy atom. The molecular weight excluding hydrogens is 320 g/mol. The van der Waals surface area contributed by atoms with E-state index in [0.29, 0.717) is 12.2 Å². The predicted molar refractivity (Wildman–Crippen MR) is 108 cm³/mol. The second kappa shape index (κ2) is 5.70. The maximum Gasteiger partial charge on any atom is 0.311 e. The molecular formula is C24H18O2. The van der Waals surface area contributed by atoms with E-state index in [2.05, 4.69) is 48.5 Å². The van der Waals surface area contributed by atoms with E-state index in [0.717, 1.165) is 11.8 Å². The molecule has 0 bridgehead atoms. The van der Waals surface area contributed by atoms with E-state index in [1.165, 1.54) is 37.7 Å². The first-order valence-corrected chi connectivity index (χ1v) is 9.07. The average Bonchev–Trinajstić information content (AvgIpc) is 2.67. The van der Waals surface area contributed by atoms with Gasteiger partial charge in [0.05, 0.1) is 0 Å². The molecule has 0 heterocycles. The van der Waals surface area contributed by atoms with Crippen LogP contribution in [0.1, 0.15) is 19.8 Å². The first-order valence-electron chi connectivity index (χ1n) is 9.07. The third-order valence-electron chi connectivity index (χ3n) is 5.16.